The monoisotopic (exact) mass is 440 g/mol. The van der Waals surface area contributed by atoms with Crippen molar-refractivity contribution in [1.29, 1.82) is 0 Å². The van der Waals surface area contributed by atoms with Gasteiger partial charge in [0, 0.05) is 26.7 Å². The highest BCUT2D eigenvalue weighted by atomic mass is 16.5. The van der Waals surface area contributed by atoms with Crippen molar-refractivity contribution in [3.63, 3.8) is 0 Å². The molecule has 1 aliphatic rings. The van der Waals surface area contributed by atoms with Crippen molar-refractivity contribution < 1.29 is 14.2 Å². The molecule has 1 heterocycles. The van der Waals surface area contributed by atoms with Gasteiger partial charge in [0.15, 0.2) is 17.5 Å². The summed E-state index contributed by atoms with van der Waals surface area (Å²) in [7, 11) is 5.03. The predicted molar refractivity (Wildman–Crippen MR) is 129 cm³/mol. The van der Waals surface area contributed by atoms with Crippen LogP contribution >= 0.6 is 0 Å². The van der Waals surface area contributed by atoms with Crippen molar-refractivity contribution in [3.8, 4) is 17.2 Å². The minimum Gasteiger partial charge on any atom is -0.493 e. The number of hydrogen-bond acceptors (Lipinski definition) is 5. The lowest BCUT2D eigenvalue weighted by Crippen LogP contribution is -2.36. The molecule has 0 radical (unpaired) electrons. The lowest BCUT2D eigenvalue weighted by atomic mass is 10.1. The van der Waals surface area contributed by atoms with Crippen molar-refractivity contribution in [1.82, 2.24) is 15.5 Å². The van der Waals surface area contributed by atoms with Crippen LogP contribution in [0.25, 0.3) is 0 Å². The third-order valence-electron chi connectivity index (χ3n) is 5.58. The summed E-state index contributed by atoms with van der Waals surface area (Å²) in [5.41, 5.74) is 3.61. The first-order valence-corrected chi connectivity index (χ1v) is 11.3. The summed E-state index contributed by atoms with van der Waals surface area (Å²) in [5.74, 6) is 2.66. The number of likely N-dealkylation sites (tertiary alicyclic amines) is 1. The number of rotatable bonds is 10. The molecule has 0 saturated carbocycles. The Morgan fingerprint density at radius 3 is 2.00 bits per heavy atom. The summed E-state index contributed by atoms with van der Waals surface area (Å²) in [4.78, 5) is 6.85. The molecule has 2 N–H and O–H groups in total. The van der Waals surface area contributed by atoms with Gasteiger partial charge in [-0.3, -0.25) is 9.89 Å². The Morgan fingerprint density at radius 2 is 1.47 bits per heavy atom. The summed E-state index contributed by atoms with van der Waals surface area (Å²) < 4.78 is 16.7. The summed E-state index contributed by atoms with van der Waals surface area (Å²) in [6.45, 7) is 7.25. The third-order valence-corrected chi connectivity index (χ3v) is 5.58. The molecule has 1 aliphatic heterocycles. The van der Waals surface area contributed by atoms with Crippen LogP contribution in [0.2, 0.25) is 0 Å². The zero-order valence-corrected chi connectivity index (χ0v) is 19.7. The first-order valence-electron chi connectivity index (χ1n) is 11.3. The molecule has 3 rings (SSSR count). The topological polar surface area (TPSA) is 67.4 Å². The molecule has 0 spiro atoms. The van der Waals surface area contributed by atoms with Gasteiger partial charge in [0.1, 0.15) is 0 Å². The van der Waals surface area contributed by atoms with E-state index in [4.69, 9.17) is 14.2 Å². The molecular weight excluding hydrogens is 404 g/mol. The van der Waals surface area contributed by atoms with E-state index in [0.717, 1.165) is 18.1 Å². The number of methoxy groups -OCH3 is 2. The summed E-state index contributed by atoms with van der Waals surface area (Å²) >= 11 is 0. The Hall–Kier alpha value is -2.93. The molecule has 0 atom stereocenters. The van der Waals surface area contributed by atoms with Crippen LogP contribution in [0.3, 0.4) is 0 Å². The van der Waals surface area contributed by atoms with Gasteiger partial charge in [-0.15, -0.1) is 0 Å². The van der Waals surface area contributed by atoms with E-state index in [9.17, 15) is 0 Å². The maximum Gasteiger partial charge on any atom is 0.203 e. The van der Waals surface area contributed by atoms with Gasteiger partial charge in [0.25, 0.3) is 0 Å². The van der Waals surface area contributed by atoms with Crippen LogP contribution in [0.4, 0.5) is 0 Å². The number of benzene rings is 2. The van der Waals surface area contributed by atoms with Crippen LogP contribution < -0.4 is 24.8 Å². The Kier molecular flexibility index (Phi) is 9.04. The number of aliphatic imine (C=N–C) groups is 1. The zero-order chi connectivity index (χ0) is 22.8. The van der Waals surface area contributed by atoms with Crippen LogP contribution in [-0.2, 0) is 19.6 Å². The number of nitrogens with one attached hydrogen (secondary N) is 2. The maximum absolute atomic E-state index is 5.68. The van der Waals surface area contributed by atoms with E-state index in [1.807, 2.05) is 19.1 Å². The van der Waals surface area contributed by atoms with E-state index in [0.29, 0.717) is 36.9 Å². The van der Waals surface area contributed by atoms with E-state index in [2.05, 4.69) is 44.8 Å². The number of guanidine groups is 1. The summed E-state index contributed by atoms with van der Waals surface area (Å²) in [5, 5.41) is 6.73. The fraction of sp³-hybridized carbons (Fsp3) is 0.480. The molecule has 2 aromatic carbocycles. The smallest absolute Gasteiger partial charge is 0.203 e. The third kappa shape index (κ3) is 6.53. The normalized spacial score (nSPS) is 14.3. The van der Waals surface area contributed by atoms with Gasteiger partial charge in [-0.2, -0.15) is 0 Å². The molecule has 0 unspecified atom stereocenters. The molecule has 1 fully saturated rings. The molecule has 174 valence electrons. The second kappa shape index (κ2) is 12.2. The Labute approximate surface area is 191 Å². The van der Waals surface area contributed by atoms with Crippen LogP contribution in [0.1, 0.15) is 36.5 Å². The Balaban J connectivity index is 1.53. The average Bonchev–Trinajstić information content (AvgIpc) is 3.33. The first kappa shape index (κ1) is 23.7. The highest BCUT2D eigenvalue weighted by Crippen LogP contribution is 2.38. The fourth-order valence-electron chi connectivity index (χ4n) is 3.88. The van der Waals surface area contributed by atoms with Gasteiger partial charge in [0.2, 0.25) is 5.75 Å². The fourth-order valence-corrected chi connectivity index (χ4v) is 3.88. The van der Waals surface area contributed by atoms with Crippen LogP contribution in [-0.4, -0.2) is 51.8 Å². The van der Waals surface area contributed by atoms with Crippen molar-refractivity contribution in [3.05, 3.63) is 53.1 Å². The first-order chi connectivity index (χ1) is 15.7. The van der Waals surface area contributed by atoms with E-state index in [1.165, 1.54) is 37.1 Å². The van der Waals surface area contributed by atoms with Crippen LogP contribution in [0, 0.1) is 0 Å². The summed E-state index contributed by atoms with van der Waals surface area (Å²) in [6.07, 6.45) is 2.65. The van der Waals surface area contributed by atoms with Gasteiger partial charge in [0.05, 0.1) is 20.8 Å². The largest absolute Gasteiger partial charge is 0.493 e. The molecule has 7 nitrogen and oxygen atoms in total. The highest BCUT2D eigenvalue weighted by molar-refractivity contribution is 5.79. The molecule has 2 aromatic rings. The maximum atomic E-state index is 5.68. The quantitative estimate of drug-likeness (QED) is 0.435. The summed E-state index contributed by atoms with van der Waals surface area (Å²) in [6, 6.07) is 12.7. The number of nitrogens with zero attached hydrogens (tertiary/aromatic N) is 2. The Bertz CT molecular complexity index is 852. The van der Waals surface area contributed by atoms with E-state index >= 15 is 0 Å². The lowest BCUT2D eigenvalue weighted by molar-refractivity contribution is 0.288. The molecule has 0 aliphatic carbocycles. The van der Waals surface area contributed by atoms with Gasteiger partial charge in [-0.25, -0.2) is 0 Å². The van der Waals surface area contributed by atoms with E-state index in [-0.39, 0.29) is 0 Å². The van der Waals surface area contributed by atoms with Crippen molar-refractivity contribution in [2.75, 3.05) is 41.0 Å². The van der Waals surface area contributed by atoms with Crippen molar-refractivity contribution in [2.45, 2.75) is 39.4 Å². The average molecular weight is 441 g/mol. The minimum absolute atomic E-state index is 0.542. The lowest BCUT2D eigenvalue weighted by Gasteiger charge is -2.17. The molecule has 7 heteroatoms. The molecule has 32 heavy (non-hydrogen) atoms. The number of ether oxygens (including phenoxy) is 3. The van der Waals surface area contributed by atoms with Gasteiger partial charge < -0.3 is 24.8 Å². The van der Waals surface area contributed by atoms with Crippen LogP contribution in [0.5, 0.6) is 17.2 Å². The highest BCUT2D eigenvalue weighted by Gasteiger charge is 2.14. The van der Waals surface area contributed by atoms with Crippen LogP contribution in [0.15, 0.2) is 41.4 Å². The van der Waals surface area contributed by atoms with Gasteiger partial charge in [-0.1, -0.05) is 24.3 Å². The standard InChI is InChI=1S/C25H36N4O3/c1-5-32-24-22(30-3)14-21(15-23(24)31-4)17-28-25(26-2)27-16-19-8-10-20(11-9-19)18-29-12-6-7-13-29/h8-11,14-15H,5-7,12-13,16-18H2,1-4H3,(H2,26,27,28). The van der Waals surface area contributed by atoms with Crippen molar-refractivity contribution >= 4 is 5.96 Å². The van der Waals surface area contributed by atoms with E-state index in [1.54, 1.807) is 21.3 Å². The minimum atomic E-state index is 0.542. The SMILES string of the molecule is CCOc1c(OC)cc(CNC(=NC)NCc2ccc(CN3CCCC3)cc2)cc1OC. The number of hydrogen-bond donors (Lipinski definition) is 2. The van der Waals surface area contributed by atoms with Gasteiger partial charge >= 0.3 is 0 Å². The molecule has 1 saturated heterocycles. The van der Waals surface area contributed by atoms with Crippen molar-refractivity contribution in [2.24, 2.45) is 4.99 Å². The predicted octanol–water partition coefficient (Wildman–Crippen LogP) is 3.56. The second-order valence-electron chi connectivity index (χ2n) is 7.84. The molecule has 0 bridgehead atoms. The Morgan fingerprint density at radius 1 is 0.906 bits per heavy atom. The molecule has 0 amide bonds. The molecule has 0 aromatic heterocycles. The second-order valence-corrected chi connectivity index (χ2v) is 7.84. The van der Waals surface area contributed by atoms with E-state index < -0.39 is 0 Å². The zero-order valence-electron chi connectivity index (χ0n) is 19.7. The van der Waals surface area contributed by atoms with Gasteiger partial charge in [-0.05, 0) is 61.7 Å². The molecular formula is C25H36N4O3.